The van der Waals surface area contributed by atoms with Gasteiger partial charge in [0.25, 0.3) is 0 Å². The van der Waals surface area contributed by atoms with Gasteiger partial charge in [0.15, 0.2) is 0 Å². The van der Waals surface area contributed by atoms with Gasteiger partial charge in [0.1, 0.15) is 11.9 Å². The Morgan fingerprint density at radius 1 is 1.25 bits per heavy atom. The van der Waals surface area contributed by atoms with Crippen molar-refractivity contribution in [3.63, 3.8) is 0 Å². The van der Waals surface area contributed by atoms with Crippen LogP contribution in [0.5, 0.6) is 5.75 Å². The molecule has 6 heteroatoms. The molecule has 0 spiro atoms. The van der Waals surface area contributed by atoms with Crippen molar-refractivity contribution >= 4 is 33.2 Å². The summed E-state index contributed by atoms with van der Waals surface area (Å²) < 4.78 is 7.69. The van der Waals surface area contributed by atoms with Crippen LogP contribution >= 0.6 is 22.9 Å². The number of rotatable bonds is 5. The van der Waals surface area contributed by atoms with Crippen LogP contribution < -0.4 is 4.74 Å². The first-order valence-corrected chi connectivity index (χ1v) is 10.8. The molecule has 2 heterocycles. The molecule has 0 aliphatic heterocycles. The average molecular weight is 417 g/mol. The number of aliphatic hydroxyl groups is 1. The Kier molecular flexibility index (Phi) is 5.61. The van der Waals surface area contributed by atoms with Crippen molar-refractivity contribution in [1.82, 2.24) is 9.88 Å². The van der Waals surface area contributed by atoms with Crippen molar-refractivity contribution in [1.29, 1.82) is 0 Å². The highest BCUT2D eigenvalue weighted by Gasteiger charge is 2.31. The Labute approximate surface area is 174 Å². The summed E-state index contributed by atoms with van der Waals surface area (Å²) in [4.78, 5) is 7.63. The molecule has 0 saturated heterocycles. The number of benzene rings is 1. The number of nitrogens with zero attached hydrogens (tertiary/aromatic N) is 2. The number of hydrogen-bond acceptors (Lipinski definition) is 5. The number of ether oxygens (including phenoxy) is 1. The molecule has 2 aromatic heterocycles. The maximum atomic E-state index is 9.55. The second kappa shape index (κ2) is 7.99. The van der Waals surface area contributed by atoms with Gasteiger partial charge in [0, 0.05) is 33.3 Å². The normalized spacial score (nSPS) is 19.6. The number of aryl methyl sites for hydroxylation is 1. The molecule has 1 aliphatic rings. The Morgan fingerprint density at radius 2 is 2.07 bits per heavy atom. The third kappa shape index (κ3) is 3.64. The summed E-state index contributed by atoms with van der Waals surface area (Å²) in [6.45, 7) is 2.07. The molecule has 148 valence electrons. The molecule has 28 heavy (non-hydrogen) atoms. The summed E-state index contributed by atoms with van der Waals surface area (Å²) in [5.74, 6) is 0.898. The molecule has 0 amide bonds. The number of aliphatic hydroxyl groups excluding tert-OH is 1. The molecule has 1 saturated carbocycles. The van der Waals surface area contributed by atoms with Crippen molar-refractivity contribution < 1.29 is 9.84 Å². The summed E-state index contributed by atoms with van der Waals surface area (Å²) in [6.07, 6.45) is 5.37. The first-order chi connectivity index (χ1) is 13.5. The van der Waals surface area contributed by atoms with E-state index in [0.29, 0.717) is 11.1 Å². The van der Waals surface area contributed by atoms with Gasteiger partial charge in [-0.1, -0.05) is 11.6 Å². The molecule has 4 nitrogen and oxygen atoms in total. The second-order valence-electron chi connectivity index (χ2n) is 7.66. The predicted octanol–water partition coefficient (Wildman–Crippen LogP) is 5.28. The van der Waals surface area contributed by atoms with Gasteiger partial charge in [-0.3, -0.25) is 4.98 Å². The van der Waals surface area contributed by atoms with Crippen LogP contribution in [0.25, 0.3) is 21.3 Å². The zero-order valence-corrected chi connectivity index (χ0v) is 18.0. The van der Waals surface area contributed by atoms with Crippen LogP contribution in [0.1, 0.15) is 29.7 Å². The van der Waals surface area contributed by atoms with Crippen LogP contribution in [0, 0.1) is 6.92 Å². The Bertz CT molecular complexity index is 1000. The quantitative estimate of drug-likeness (QED) is 0.614. The van der Waals surface area contributed by atoms with E-state index in [0.717, 1.165) is 50.4 Å². The first kappa shape index (κ1) is 19.6. The molecule has 0 unspecified atom stereocenters. The van der Waals surface area contributed by atoms with Gasteiger partial charge in [0.05, 0.1) is 16.8 Å². The van der Waals surface area contributed by atoms with E-state index in [-0.39, 0.29) is 12.7 Å². The molecule has 1 N–H and O–H groups in total. The fourth-order valence-electron chi connectivity index (χ4n) is 4.15. The van der Waals surface area contributed by atoms with Crippen molar-refractivity contribution in [2.24, 2.45) is 0 Å². The van der Waals surface area contributed by atoms with Gasteiger partial charge in [-0.05, 0) is 70.1 Å². The summed E-state index contributed by atoms with van der Waals surface area (Å²) in [5.41, 5.74) is 3.97. The lowest BCUT2D eigenvalue weighted by molar-refractivity contribution is 0.121. The lowest BCUT2D eigenvalue weighted by atomic mass is 10.0. The molecule has 1 aliphatic carbocycles. The smallest absolute Gasteiger partial charge is 0.130 e. The third-order valence-corrected chi connectivity index (χ3v) is 6.86. The summed E-state index contributed by atoms with van der Waals surface area (Å²) in [7, 11) is 4.24. The molecule has 4 rings (SSSR count). The van der Waals surface area contributed by atoms with Gasteiger partial charge in [0.2, 0.25) is 0 Å². The zero-order chi connectivity index (χ0) is 19.8. The highest BCUT2D eigenvalue weighted by Crippen LogP contribution is 2.42. The van der Waals surface area contributed by atoms with Crippen molar-refractivity contribution in [3.05, 3.63) is 45.9 Å². The molecule has 2 atom stereocenters. The van der Waals surface area contributed by atoms with E-state index in [2.05, 4.69) is 30.9 Å². The van der Waals surface area contributed by atoms with E-state index in [4.69, 9.17) is 16.3 Å². The highest BCUT2D eigenvalue weighted by molar-refractivity contribution is 7.19. The van der Waals surface area contributed by atoms with E-state index in [1.165, 1.54) is 6.42 Å². The Balaban J connectivity index is 1.83. The van der Waals surface area contributed by atoms with Crippen LogP contribution in [-0.4, -0.2) is 41.2 Å². The third-order valence-electron chi connectivity index (χ3n) is 5.50. The maximum Gasteiger partial charge on any atom is 0.130 e. The molecule has 0 radical (unpaired) electrons. The molecule has 0 bridgehead atoms. The van der Waals surface area contributed by atoms with E-state index in [1.807, 2.05) is 30.5 Å². The monoisotopic (exact) mass is 416 g/mol. The van der Waals surface area contributed by atoms with E-state index in [1.54, 1.807) is 11.3 Å². The van der Waals surface area contributed by atoms with Crippen LogP contribution in [0.3, 0.4) is 0 Å². The minimum absolute atomic E-state index is 0.0188. The summed E-state index contributed by atoms with van der Waals surface area (Å²) >= 11 is 8.00. The van der Waals surface area contributed by atoms with E-state index in [9.17, 15) is 5.11 Å². The van der Waals surface area contributed by atoms with Gasteiger partial charge in [-0.15, -0.1) is 11.3 Å². The largest absolute Gasteiger partial charge is 0.488 e. The van der Waals surface area contributed by atoms with E-state index >= 15 is 0 Å². The first-order valence-electron chi connectivity index (χ1n) is 9.60. The van der Waals surface area contributed by atoms with Gasteiger partial charge in [-0.2, -0.15) is 0 Å². The van der Waals surface area contributed by atoms with Gasteiger partial charge < -0.3 is 14.7 Å². The fourth-order valence-corrected chi connectivity index (χ4v) is 5.42. The summed E-state index contributed by atoms with van der Waals surface area (Å²) in [6, 6.07) is 8.32. The van der Waals surface area contributed by atoms with Crippen LogP contribution in [0.2, 0.25) is 5.02 Å². The number of thiophene rings is 1. The van der Waals surface area contributed by atoms with Crippen LogP contribution in [-0.2, 0) is 6.61 Å². The lowest BCUT2D eigenvalue weighted by Gasteiger charge is -2.28. The molecular formula is C22H25ClN2O2S. The number of aromatic nitrogens is 1. The molecule has 1 fully saturated rings. The summed E-state index contributed by atoms with van der Waals surface area (Å²) in [5, 5.41) is 10.2. The van der Waals surface area contributed by atoms with Gasteiger partial charge >= 0.3 is 0 Å². The van der Waals surface area contributed by atoms with E-state index < -0.39 is 0 Å². The number of likely N-dealkylation sites (N-methyl/N-ethyl adjacent to an activating group) is 1. The Hall–Kier alpha value is -1.66. The number of pyridine rings is 1. The highest BCUT2D eigenvalue weighted by atomic mass is 35.5. The zero-order valence-electron chi connectivity index (χ0n) is 16.4. The maximum absolute atomic E-state index is 9.55. The van der Waals surface area contributed by atoms with Crippen LogP contribution in [0.15, 0.2) is 30.5 Å². The SMILES string of the molecule is Cc1cc(Cl)cc(-c2ccnc3cc(CO)sc23)c1O[C@@H]1CCC[C@H]1N(C)C. The predicted molar refractivity (Wildman–Crippen MR) is 116 cm³/mol. The minimum atomic E-state index is 0.0188. The number of halogens is 1. The molecular weight excluding hydrogens is 392 g/mol. The number of fused-ring (bicyclic) bond motifs is 1. The van der Waals surface area contributed by atoms with Gasteiger partial charge in [-0.25, -0.2) is 0 Å². The van der Waals surface area contributed by atoms with Crippen LogP contribution in [0.4, 0.5) is 0 Å². The second-order valence-corrected chi connectivity index (χ2v) is 9.23. The topological polar surface area (TPSA) is 45.6 Å². The lowest BCUT2D eigenvalue weighted by Crippen LogP contribution is -2.38. The molecule has 3 aromatic rings. The standard InChI is InChI=1S/C22H25ClN2O2S/c1-13-9-14(23)10-17(21(13)27-20-6-4-5-19(20)25(2)3)16-7-8-24-18-11-15(12-26)28-22(16)18/h7-11,19-20,26H,4-6,12H2,1-3H3/t19-,20-/m1/s1. The van der Waals surface area contributed by atoms with Crippen molar-refractivity contribution in [2.45, 2.75) is 44.9 Å². The van der Waals surface area contributed by atoms with Crippen molar-refractivity contribution in [2.75, 3.05) is 14.1 Å². The van der Waals surface area contributed by atoms with Crippen molar-refractivity contribution in [3.8, 4) is 16.9 Å². The fraction of sp³-hybridized carbons (Fsp3) is 0.409. The number of hydrogen-bond donors (Lipinski definition) is 1. The average Bonchev–Trinajstić information content (AvgIpc) is 3.29. The minimum Gasteiger partial charge on any atom is -0.488 e. The Morgan fingerprint density at radius 3 is 2.82 bits per heavy atom. The molecule has 1 aromatic carbocycles.